The van der Waals surface area contributed by atoms with Gasteiger partial charge in [-0.1, -0.05) is 12.1 Å². The van der Waals surface area contributed by atoms with Crippen molar-refractivity contribution in [2.45, 2.75) is 44.4 Å². The van der Waals surface area contributed by atoms with Crippen molar-refractivity contribution in [1.29, 1.82) is 10.5 Å². The number of hydrogen-bond acceptors (Lipinski definition) is 2. The van der Waals surface area contributed by atoms with Crippen molar-refractivity contribution < 1.29 is 4.39 Å². The van der Waals surface area contributed by atoms with Crippen molar-refractivity contribution in [2.24, 2.45) is 5.92 Å². The Kier molecular flexibility index (Phi) is 5.52. The maximum atomic E-state index is 12.7. The molecule has 0 saturated heterocycles. The molecule has 0 spiro atoms. The van der Waals surface area contributed by atoms with E-state index < -0.39 is 5.83 Å². The van der Waals surface area contributed by atoms with E-state index in [-0.39, 0.29) is 0 Å². The Morgan fingerprint density at radius 3 is 2.38 bits per heavy atom. The summed E-state index contributed by atoms with van der Waals surface area (Å²) in [5, 5.41) is 17.2. The highest BCUT2D eigenvalue weighted by Crippen LogP contribution is 2.37. The van der Waals surface area contributed by atoms with E-state index in [1.165, 1.54) is 17.7 Å². The lowest BCUT2D eigenvalue weighted by Gasteiger charge is -2.28. The molecule has 1 aliphatic carbocycles. The molecule has 1 aliphatic rings. The first-order chi connectivity index (χ1) is 10.2. The summed E-state index contributed by atoms with van der Waals surface area (Å²) >= 11 is 0. The zero-order chi connectivity index (χ0) is 15.1. The molecule has 0 unspecified atom stereocenters. The second-order valence-electron chi connectivity index (χ2n) is 5.69. The van der Waals surface area contributed by atoms with Crippen LogP contribution in [0.25, 0.3) is 0 Å². The molecule has 3 heteroatoms. The van der Waals surface area contributed by atoms with Gasteiger partial charge in [-0.15, -0.1) is 0 Å². The predicted molar refractivity (Wildman–Crippen MR) is 79.9 cm³/mol. The molecule has 0 atom stereocenters. The number of nitrogens with zero attached hydrogens (tertiary/aromatic N) is 2. The van der Waals surface area contributed by atoms with Crippen molar-refractivity contribution in [1.82, 2.24) is 0 Å². The summed E-state index contributed by atoms with van der Waals surface area (Å²) in [5.41, 5.74) is 2.03. The minimum absolute atomic E-state index is 0.584. The van der Waals surface area contributed by atoms with Crippen LogP contribution in [0.15, 0.2) is 36.2 Å². The molecule has 0 aliphatic heterocycles. The average molecular weight is 282 g/mol. The third-order valence-corrected chi connectivity index (χ3v) is 4.36. The normalized spacial score (nSPS) is 22.3. The van der Waals surface area contributed by atoms with Crippen molar-refractivity contribution in [3.05, 3.63) is 47.3 Å². The van der Waals surface area contributed by atoms with Gasteiger partial charge < -0.3 is 0 Å². The van der Waals surface area contributed by atoms with Gasteiger partial charge in [-0.2, -0.15) is 14.9 Å². The van der Waals surface area contributed by atoms with Crippen LogP contribution < -0.4 is 0 Å². The molecule has 21 heavy (non-hydrogen) atoms. The maximum absolute atomic E-state index is 12.7. The topological polar surface area (TPSA) is 47.6 Å². The molecule has 108 valence electrons. The number of allylic oxidation sites excluding steroid dienone is 2. The van der Waals surface area contributed by atoms with Crippen LogP contribution in [0.2, 0.25) is 0 Å². The SMILES string of the molecule is N#CC(F)=CCCC1CCC(c2ccc(C#N)cc2)CC1. The monoisotopic (exact) mass is 282 g/mol. The maximum Gasteiger partial charge on any atom is 0.196 e. The molecule has 0 heterocycles. The molecule has 0 amide bonds. The van der Waals surface area contributed by atoms with Crippen LogP contribution in [-0.4, -0.2) is 0 Å². The Morgan fingerprint density at radius 2 is 1.81 bits per heavy atom. The van der Waals surface area contributed by atoms with E-state index in [0.717, 1.165) is 32.1 Å². The molecule has 0 radical (unpaired) electrons. The lowest BCUT2D eigenvalue weighted by atomic mass is 9.77. The smallest absolute Gasteiger partial charge is 0.195 e. The van der Waals surface area contributed by atoms with Crippen LogP contribution in [-0.2, 0) is 0 Å². The third kappa shape index (κ3) is 4.43. The van der Waals surface area contributed by atoms with Crippen molar-refractivity contribution in [3.63, 3.8) is 0 Å². The Bertz CT molecular complexity index is 567. The summed E-state index contributed by atoms with van der Waals surface area (Å²) in [4.78, 5) is 0. The second kappa shape index (κ2) is 7.60. The minimum Gasteiger partial charge on any atom is -0.195 e. The lowest BCUT2D eigenvalue weighted by molar-refractivity contribution is 0.311. The van der Waals surface area contributed by atoms with Crippen molar-refractivity contribution in [3.8, 4) is 12.1 Å². The Labute approximate surface area is 125 Å². The van der Waals surface area contributed by atoms with E-state index in [2.05, 4.69) is 18.2 Å². The highest BCUT2D eigenvalue weighted by molar-refractivity contribution is 5.33. The van der Waals surface area contributed by atoms with E-state index in [1.54, 1.807) is 0 Å². The van der Waals surface area contributed by atoms with E-state index in [9.17, 15) is 4.39 Å². The van der Waals surface area contributed by atoms with Gasteiger partial charge in [0.2, 0.25) is 0 Å². The number of benzene rings is 1. The fraction of sp³-hybridized carbons (Fsp3) is 0.444. The molecule has 0 aromatic heterocycles. The fourth-order valence-corrected chi connectivity index (χ4v) is 3.11. The van der Waals surface area contributed by atoms with Gasteiger partial charge in [-0.25, -0.2) is 0 Å². The van der Waals surface area contributed by atoms with Gasteiger partial charge in [-0.3, -0.25) is 0 Å². The summed E-state index contributed by atoms with van der Waals surface area (Å²) in [6.45, 7) is 0. The number of hydrogen-bond donors (Lipinski definition) is 0. The van der Waals surface area contributed by atoms with Crippen LogP contribution in [0.1, 0.15) is 55.6 Å². The van der Waals surface area contributed by atoms with Crippen LogP contribution in [0.4, 0.5) is 4.39 Å². The molecular formula is C18H19FN2. The second-order valence-corrected chi connectivity index (χ2v) is 5.69. The molecule has 2 rings (SSSR count). The third-order valence-electron chi connectivity index (χ3n) is 4.36. The molecule has 1 aromatic carbocycles. The zero-order valence-corrected chi connectivity index (χ0v) is 12.1. The Hall–Kier alpha value is -2.13. The Morgan fingerprint density at radius 1 is 1.14 bits per heavy atom. The summed E-state index contributed by atoms with van der Waals surface area (Å²) in [6, 6.07) is 11.6. The number of rotatable bonds is 4. The van der Waals surface area contributed by atoms with Gasteiger partial charge in [0.05, 0.1) is 11.6 Å². The van der Waals surface area contributed by atoms with Gasteiger partial charge in [0, 0.05) is 0 Å². The van der Waals surface area contributed by atoms with Gasteiger partial charge in [-0.05, 0) is 74.1 Å². The number of halogens is 1. The Balaban J connectivity index is 1.80. The minimum atomic E-state index is -0.665. The highest BCUT2D eigenvalue weighted by atomic mass is 19.1. The summed E-state index contributed by atoms with van der Waals surface area (Å²) in [6.07, 6.45) is 7.65. The first-order valence-corrected chi connectivity index (χ1v) is 7.48. The molecule has 0 N–H and O–H groups in total. The first-order valence-electron chi connectivity index (χ1n) is 7.48. The van der Waals surface area contributed by atoms with E-state index >= 15 is 0 Å². The van der Waals surface area contributed by atoms with Gasteiger partial charge in [0.25, 0.3) is 0 Å². The van der Waals surface area contributed by atoms with Crippen molar-refractivity contribution in [2.75, 3.05) is 0 Å². The average Bonchev–Trinajstić information content (AvgIpc) is 2.55. The molecular weight excluding hydrogens is 263 g/mol. The van der Waals surface area contributed by atoms with Gasteiger partial charge in [0.1, 0.15) is 6.07 Å². The van der Waals surface area contributed by atoms with Crippen LogP contribution >= 0.6 is 0 Å². The molecule has 1 aromatic rings. The van der Waals surface area contributed by atoms with Crippen LogP contribution in [0.3, 0.4) is 0 Å². The van der Waals surface area contributed by atoms with Crippen LogP contribution in [0.5, 0.6) is 0 Å². The fourth-order valence-electron chi connectivity index (χ4n) is 3.11. The molecule has 1 fully saturated rings. The number of nitriles is 2. The quantitative estimate of drug-likeness (QED) is 0.730. The first kappa shape index (κ1) is 15.3. The van der Waals surface area contributed by atoms with Crippen molar-refractivity contribution >= 4 is 0 Å². The molecule has 2 nitrogen and oxygen atoms in total. The zero-order valence-electron chi connectivity index (χ0n) is 12.1. The summed E-state index contributed by atoms with van der Waals surface area (Å²) < 4.78 is 12.7. The van der Waals surface area contributed by atoms with Gasteiger partial charge in [0.15, 0.2) is 5.83 Å². The lowest BCUT2D eigenvalue weighted by Crippen LogP contribution is -2.13. The largest absolute Gasteiger partial charge is 0.196 e. The molecule has 0 bridgehead atoms. The summed E-state index contributed by atoms with van der Waals surface area (Å²) in [7, 11) is 0. The van der Waals surface area contributed by atoms with Crippen LogP contribution in [0, 0.1) is 28.6 Å². The molecule has 1 saturated carbocycles. The van der Waals surface area contributed by atoms with Gasteiger partial charge >= 0.3 is 0 Å². The highest BCUT2D eigenvalue weighted by Gasteiger charge is 2.21. The predicted octanol–water partition coefficient (Wildman–Crippen LogP) is 4.99. The van der Waals surface area contributed by atoms with E-state index in [0.29, 0.717) is 23.8 Å². The standard InChI is InChI=1S/C18H19FN2/c19-18(13-21)3-1-2-14-4-8-16(9-5-14)17-10-6-15(12-20)7-11-17/h3,6-7,10-11,14,16H,1-2,4-5,8-9H2. The summed E-state index contributed by atoms with van der Waals surface area (Å²) in [5.74, 6) is 0.559. The van der Waals surface area contributed by atoms with E-state index in [4.69, 9.17) is 10.5 Å². The van der Waals surface area contributed by atoms with E-state index in [1.807, 2.05) is 12.1 Å².